The zero-order valence-corrected chi connectivity index (χ0v) is 19.8. The van der Waals surface area contributed by atoms with Crippen LogP contribution in [0.1, 0.15) is 39.0 Å². The lowest BCUT2D eigenvalue weighted by Crippen LogP contribution is -2.47. The molecule has 0 spiro atoms. The molecule has 0 amide bonds. The first-order valence-electron chi connectivity index (χ1n) is 10.7. The SMILES string of the molecule is CCNC(=NCCCN1CCN(c2ncccn2)CC1)NC1CCC(O)CC1.I. The molecular weight excluding hydrogens is 481 g/mol. The predicted molar refractivity (Wildman–Crippen MR) is 128 cm³/mol. The standard InChI is InChI=1S/C20H35N7O.HI/c1-2-21-19(25-17-5-7-18(28)8-6-17)22-11-4-12-26-13-15-27(16-14-26)20-23-9-3-10-24-20;/h3,9-10,17-18,28H,2,4-8,11-16H2,1H3,(H2,21,22,25);1H. The third-order valence-corrected chi connectivity index (χ3v) is 5.49. The van der Waals surface area contributed by atoms with Crippen LogP contribution < -0.4 is 15.5 Å². The van der Waals surface area contributed by atoms with E-state index >= 15 is 0 Å². The molecule has 3 N–H and O–H groups in total. The molecule has 2 heterocycles. The second-order valence-electron chi connectivity index (χ2n) is 7.64. The van der Waals surface area contributed by atoms with Gasteiger partial charge < -0.3 is 20.6 Å². The van der Waals surface area contributed by atoms with Crippen LogP contribution in [0.5, 0.6) is 0 Å². The Bertz CT molecular complexity index is 588. The molecule has 29 heavy (non-hydrogen) atoms. The van der Waals surface area contributed by atoms with Crippen molar-refractivity contribution in [2.75, 3.05) is 50.7 Å². The fourth-order valence-corrected chi connectivity index (χ4v) is 3.84. The molecular formula is C20H36IN7O. The molecule has 1 saturated carbocycles. The van der Waals surface area contributed by atoms with E-state index in [-0.39, 0.29) is 30.1 Å². The van der Waals surface area contributed by atoms with Gasteiger partial charge in [0.05, 0.1) is 6.10 Å². The average molecular weight is 517 g/mol. The molecule has 2 aliphatic rings. The molecule has 1 saturated heterocycles. The highest BCUT2D eigenvalue weighted by atomic mass is 127. The molecule has 1 aliphatic carbocycles. The van der Waals surface area contributed by atoms with Crippen LogP contribution in [0, 0.1) is 0 Å². The molecule has 0 aromatic carbocycles. The summed E-state index contributed by atoms with van der Waals surface area (Å²) in [5.41, 5.74) is 0. The van der Waals surface area contributed by atoms with Crippen LogP contribution in [0.15, 0.2) is 23.5 Å². The minimum Gasteiger partial charge on any atom is -0.393 e. The number of nitrogens with zero attached hydrogens (tertiary/aromatic N) is 5. The summed E-state index contributed by atoms with van der Waals surface area (Å²) in [6.07, 6.45) is 8.35. The number of hydrogen-bond acceptors (Lipinski definition) is 6. The number of hydrogen-bond donors (Lipinski definition) is 3. The number of aliphatic imine (C=N–C) groups is 1. The van der Waals surface area contributed by atoms with Crippen molar-refractivity contribution in [2.45, 2.75) is 51.2 Å². The van der Waals surface area contributed by atoms with Gasteiger partial charge in [0.25, 0.3) is 0 Å². The minimum atomic E-state index is -0.119. The minimum absolute atomic E-state index is 0. The normalized spacial score (nSPS) is 23.4. The van der Waals surface area contributed by atoms with Crippen molar-refractivity contribution in [2.24, 2.45) is 4.99 Å². The Kier molecular flexibility index (Phi) is 10.9. The van der Waals surface area contributed by atoms with Gasteiger partial charge in [0.1, 0.15) is 0 Å². The monoisotopic (exact) mass is 517 g/mol. The molecule has 0 atom stereocenters. The maximum absolute atomic E-state index is 9.65. The van der Waals surface area contributed by atoms with E-state index in [4.69, 9.17) is 4.99 Å². The summed E-state index contributed by atoms with van der Waals surface area (Å²) in [5.74, 6) is 1.75. The van der Waals surface area contributed by atoms with Gasteiger partial charge in [-0.3, -0.25) is 9.89 Å². The number of aromatic nitrogens is 2. The van der Waals surface area contributed by atoms with E-state index in [0.29, 0.717) is 6.04 Å². The Morgan fingerprint density at radius 2 is 1.83 bits per heavy atom. The summed E-state index contributed by atoms with van der Waals surface area (Å²) in [7, 11) is 0. The Morgan fingerprint density at radius 3 is 2.48 bits per heavy atom. The highest BCUT2D eigenvalue weighted by molar-refractivity contribution is 14.0. The Morgan fingerprint density at radius 1 is 1.14 bits per heavy atom. The topological polar surface area (TPSA) is 88.9 Å². The maximum Gasteiger partial charge on any atom is 0.225 e. The van der Waals surface area contributed by atoms with Crippen molar-refractivity contribution >= 4 is 35.9 Å². The van der Waals surface area contributed by atoms with E-state index in [1.54, 1.807) is 12.4 Å². The van der Waals surface area contributed by atoms with Gasteiger partial charge in [0.15, 0.2) is 5.96 Å². The van der Waals surface area contributed by atoms with Gasteiger partial charge in [-0.2, -0.15) is 0 Å². The van der Waals surface area contributed by atoms with Crippen molar-refractivity contribution < 1.29 is 5.11 Å². The quantitative estimate of drug-likeness (QED) is 0.219. The van der Waals surface area contributed by atoms with Gasteiger partial charge in [0, 0.05) is 64.2 Å². The van der Waals surface area contributed by atoms with Gasteiger partial charge in [0.2, 0.25) is 5.95 Å². The number of guanidine groups is 1. The number of piperazine rings is 1. The third-order valence-electron chi connectivity index (χ3n) is 5.49. The Labute approximate surface area is 191 Å². The molecule has 0 unspecified atom stereocenters. The third kappa shape index (κ3) is 8.21. The molecule has 9 heteroatoms. The molecule has 2 fully saturated rings. The lowest BCUT2D eigenvalue weighted by molar-refractivity contribution is 0.120. The second kappa shape index (κ2) is 13.2. The van der Waals surface area contributed by atoms with Gasteiger partial charge >= 0.3 is 0 Å². The van der Waals surface area contributed by atoms with Crippen LogP contribution in [0.4, 0.5) is 5.95 Å². The molecule has 1 aromatic heterocycles. The lowest BCUT2D eigenvalue weighted by atomic mass is 9.93. The first kappa shape index (κ1) is 24.1. The molecule has 8 nitrogen and oxygen atoms in total. The molecule has 164 valence electrons. The van der Waals surface area contributed by atoms with E-state index in [0.717, 1.165) is 89.8 Å². The summed E-state index contributed by atoms with van der Waals surface area (Å²) in [6, 6.07) is 2.28. The van der Waals surface area contributed by atoms with Crippen molar-refractivity contribution in [3.05, 3.63) is 18.5 Å². The average Bonchev–Trinajstić information content (AvgIpc) is 2.74. The number of halogens is 1. The first-order chi connectivity index (χ1) is 13.7. The fraction of sp³-hybridized carbons (Fsp3) is 0.750. The van der Waals surface area contributed by atoms with Crippen molar-refractivity contribution in [1.29, 1.82) is 0 Å². The summed E-state index contributed by atoms with van der Waals surface area (Å²) in [4.78, 5) is 18.2. The highest BCUT2D eigenvalue weighted by Gasteiger charge is 2.20. The van der Waals surface area contributed by atoms with Crippen molar-refractivity contribution in [3.8, 4) is 0 Å². The van der Waals surface area contributed by atoms with Crippen LogP contribution in [0.25, 0.3) is 0 Å². The summed E-state index contributed by atoms with van der Waals surface area (Å²) < 4.78 is 0. The number of anilines is 1. The Hall–Kier alpha value is -1.20. The van der Waals surface area contributed by atoms with E-state index in [1.165, 1.54) is 0 Å². The molecule has 3 rings (SSSR count). The van der Waals surface area contributed by atoms with Gasteiger partial charge in [-0.15, -0.1) is 24.0 Å². The molecule has 1 aliphatic heterocycles. The van der Waals surface area contributed by atoms with E-state index < -0.39 is 0 Å². The zero-order chi connectivity index (χ0) is 19.6. The van der Waals surface area contributed by atoms with Gasteiger partial charge in [-0.1, -0.05) is 0 Å². The number of rotatable bonds is 7. The van der Waals surface area contributed by atoms with Gasteiger partial charge in [-0.25, -0.2) is 9.97 Å². The van der Waals surface area contributed by atoms with Crippen molar-refractivity contribution in [3.63, 3.8) is 0 Å². The smallest absolute Gasteiger partial charge is 0.225 e. The van der Waals surface area contributed by atoms with E-state index in [9.17, 15) is 5.11 Å². The van der Waals surface area contributed by atoms with E-state index in [2.05, 4.69) is 37.3 Å². The van der Waals surface area contributed by atoms with Gasteiger partial charge in [-0.05, 0) is 45.1 Å². The van der Waals surface area contributed by atoms with Crippen LogP contribution >= 0.6 is 24.0 Å². The second-order valence-corrected chi connectivity index (χ2v) is 7.64. The Balaban J connectivity index is 0.00000300. The summed E-state index contributed by atoms with van der Waals surface area (Å²) in [6.45, 7) is 8.91. The molecule has 0 radical (unpaired) electrons. The fourth-order valence-electron chi connectivity index (χ4n) is 3.84. The predicted octanol–water partition coefficient (Wildman–Crippen LogP) is 1.47. The van der Waals surface area contributed by atoms with Crippen LogP contribution in [0.3, 0.4) is 0 Å². The lowest BCUT2D eigenvalue weighted by Gasteiger charge is -2.34. The van der Waals surface area contributed by atoms with Crippen LogP contribution in [-0.2, 0) is 0 Å². The van der Waals surface area contributed by atoms with Crippen LogP contribution in [-0.4, -0.2) is 83.9 Å². The van der Waals surface area contributed by atoms with Crippen molar-refractivity contribution in [1.82, 2.24) is 25.5 Å². The molecule has 1 aromatic rings. The molecule has 0 bridgehead atoms. The zero-order valence-electron chi connectivity index (χ0n) is 17.5. The van der Waals surface area contributed by atoms with Crippen LogP contribution in [0.2, 0.25) is 0 Å². The summed E-state index contributed by atoms with van der Waals surface area (Å²) in [5, 5.41) is 16.5. The number of aliphatic hydroxyl groups excluding tert-OH is 1. The number of nitrogens with one attached hydrogen (secondary N) is 2. The maximum atomic E-state index is 9.65. The summed E-state index contributed by atoms with van der Waals surface area (Å²) >= 11 is 0. The van der Waals surface area contributed by atoms with E-state index in [1.807, 2.05) is 6.07 Å². The highest BCUT2D eigenvalue weighted by Crippen LogP contribution is 2.18. The number of aliphatic hydroxyl groups is 1. The first-order valence-corrected chi connectivity index (χ1v) is 10.7. The largest absolute Gasteiger partial charge is 0.393 e.